The summed E-state index contributed by atoms with van der Waals surface area (Å²) in [4.78, 5) is 2.38. The van der Waals surface area contributed by atoms with Crippen LogP contribution in [-0.2, 0) is 0 Å². The Balaban J connectivity index is 1.51. The highest BCUT2D eigenvalue weighted by atomic mass is 15.1. The predicted molar refractivity (Wildman–Crippen MR) is 290 cm³/mol. The molecule has 7 heteroatoms. The van der Waals surface area contributed by atoms with Gasteiger partial charge in [0, 0.05) is 12.1 Å². The maximum absolute atomic E-state index is 6.82. The van der Waals surface area contributed by atoms with Crippen molar-refractivity contribution in [2.45, 2.75) is 6.32 Å². The van der Waals surface area contributed by atoms with Gasteiger partial charge in [-0.1, -0.05) is 228 Å². The summed E-state index contributed by atoms with van der Waals surface area (Å²) in [5.41, 5.74) is 21.0. The van der Waals surface area contributed by atoms with E-state index in [4.69, 9.17) is 12.8 Å². The third kappa shape index (κ3) is 9.66. The summed E-state index contributed by atoms with van der Waals surface area (Å²) in [6.45, 7) is 0.524. The van der Waals surface area contributed by atoms with Gasteiger partial charge in [0.2, 0.25) is 0 Å². The topological polar surface area (TPSA) is 3.24 Å². The first kappa shape index (κ1) is 43.9. The number of hydrogen-bond acceptors (Lipinski definition) is 1. The quantitative estimate of drug-likeness (QED) is 0.0652. The van der Waals surface area contributed by atoms with Gasteiger partial charge in [0.25, 0.3) is 0 Å². The molecule has 0 unspecified atom stereocenters. The normalized spacial score (nSPS) is 12.7. The van der Waals surface area contributed by atoms with Crippen molar-refractivity contribution in [3.05, 3.63) is 232 Å². The van der Waals surface area contributed by atoms with E-state index in [0.29, 0.717) is 6.54 Å². The molecule has 0 amide bonds. The zero-order valence-corrected chi connectivity index (χ0v) is 37.4. The Morgan fingerprint density at radius 2 is 0.937 bits per heavy atom. The lowest BCUT2D eigenvalue weighted by molar-refractivity contribution is 1.03. The van der Waals surface area contributed by atoms with Crippen LogP contribution in [0.5, 0.6) is 0 Å². The fourth-order valence-corrected chi connectivity index (χ4v) is 8.69. The summed E-state index contributed by atoms with van der Waals surface area (Å²) in [5.74, 6) is 6.23. The van der Waals surface area contributed by atoms with Gasteiger partial charge < -0.3 is 4.90 Å². The van der Waals surface area contributed by atoms with E-state index in [2.05, 4.69) is 238 Å². The summed E-state index contributed by atoms with van der Waals surface area (Å²) < 4.78 is 0. The van der Waals surface area contributed by atoms with Crippen LogP contribution in [0.4, 0.5) is 5.69 Å². The number of anilines is 1. The molecule has 0 aliphatic heterocycles. The molecular formula is C56H49B6N. The summed E-state index contributed by atoms with van der Waals surface area (Å²) in [6, 6.07) is 66.6. The monoisotopic (exact) mass is 801 g/mol. The molecule has 0 aromatic heterocycles. The Hall–Kier alpha value is -7.19. The molecule has 0 saturated heterocycles. The molecule has 0 aliphatic carbocycles. The lowest BCUT2D eigenvalue weighted by atomic mass is 9.69. The van der Waals surface area contributed by atoms with E-state index in [1.165, 1.54) is 27.7 Å². The lowest BCUT2D eigenvalue weighted by Crippen LogP contribution is -2.28. The van der Waals surface area contributed by atoms with Crippen LogP contribution in [0.25, 0.3) is 55.7 Å². The molecule has 296 valence electrons. The average Bonchev–Trinajstić information content (AvgIpc) is 3.35. The Morgan fingerprint density at radius 3 is 1.49 bits per heavy atom. The number of allylic oxidation sites excluding steroid dienone is 7. The predicted octanol–water partition coefficient (Wildman–Crippen LogP) is 7.89. The third-order valence-corrected chi connectivity index (χ3v) is 12.2. The van der Waals surface area contributed by atoms with Crippen molar-refractivity contribution in [2.75, 3.05) is 11.4 Å². The van der Waals surface area contributed by atoms with Crippen LogP contribution < -0.4 is 4.90 Å². The second-order valence-electron chi connectivity index (χ2n) is 16.0. The Labute approximate surface area is 381 Å². The number of hydrogen-bond donors (Lipinski definition) is 0. The van der Waals surface area contributed by atoms with Crippen molar-refractivity contribution in [3.8, 4) is 69.2 Å². The summed E-state index contributed by atoms with van der Waals surface area (Å²) in [5, 5.41) is 0. The van der Waals surface area contributed by atoms with Crippen LogP contribution in [0.3, 0.4) is 0 Å². The van der Waals surface area contributed by atoms with Crippen LogP contribution in [-0.4, -0.2) is 53.6 Å². The van der Waals surface area contributed by atoms with Crippen molar-refractivity contribution < 1.29 is 0 Å². The van der Waals surface area contributed by atoms with Crippen LogP contribution in [0, 0.1) is 24.7 Å². The molecule has 0 spiro atoms. The van der Waals surface area contributed by atoms with Gasteiger partial charge >= 0.3 is 0 Å². The molecule has 0 aliphatic rings. The highest BCUT2D eigenvalue weighted by Gasteiger charge is 2.25. The Morgan fingerprint density at radius 1 is 0.444 bits per heavy atom. The van der Waals surface area contributed by atoms with E-state index in [1.807, 2.05) is 13.9 Å². The molecule has 0 heterocycles. The van der Waals surface area contributed by atoms with Crippen molar-refractivity contribution in [3.63, 3.8) is 0 Å². The molecular weight excluding hydrogens is 751 g/mol. The van der Waals surface area contributed by atoms with E-state index < -0.39 is 0 Å². The van der Waals surface area contributed by atoms with E-state index in [1.54, 1.807) is 0 Å². The molecule has 7 aromatic carbocycles. The standard InChI is InChI=1S/C56H49B6N/c1-3-48(58)52(43-26-15-8-16-27-43)55(61)49(59)37-63(50(4-2)56(62)54(60)47(36-57)42-34-32-39(33-35-42)38-20-9-5-10-21-38)51-31-19-30-45(41-24-13-7-14-25-41)53(51)46-29-18-17-28-44(46)40-22-11-6-12-23-40/h1-2,5-35H,36-37,57-62H2/b52-48+,54-47-,55-49-,56-50-. The van der Waals surface area contributed by atoms with Gasteiger partial charge in [-0.05, 0) is 67.2 Å². The maximum atomic E-state index is 6.82. The van der Waals surface area contributed by atoms with Crippen LogP contribution in [0.15, 0.2) is 221 Å². The number of benzene rings is 7. The zero-order chi connectivity index (χ0) is 44.3. The van der Waals surface area contributed by atoms with E-state index in [-0.39, 0.29) is 0 Å². The maximum Gasteiger partial charge on any atom is 0.151 e. The molecule has 1 nitrogen and oxygen atoms in total. The molecule has 7 rings (SSSR count). The third-order valence-electron chi connectivity index (χ3n) is 12.2. The van der Waals surface area contributed by atoms with Gasteiger partial charge in [0.05, 0.1) is 11.4 Å². The minimum Gasteiger partial charge on any atom is -0.331 e. The highest BCUT2D eigenvalue weighted by molar-refractivity contribution is 6.42. The van der Waals surface area contributed by atoms with Crippen LogP contribution in [0.2, 0.25) is 6.32 Å². The van der Waals surface area contributed by atoms with Gasteiger partial charge in [-0.25, -0.2) is 0 Å². The molecule has 0 fully saturated rings. The van der Waals surface area contributed by atoms with E-state index >= 15 is 0 Å². The molecule has 0 radical (unpaired) electrons. The fraction of sp³-hybridized carbons (Fsp3) is 0.0357. The first-order valence-electron chi connectivity index (χ1n) is 21.8. The molecule has 7 aromatic rings. The van der Waals surface area contributed by atoms with Gasteiger partial charge in [0.1, 0.15) is 39.2 Å². The lowest BCUT2D eigenvalue weighted by Gasteiger charge is -2.32. The molecule has 0 saturated carbocycles. The Kier molecular flexibility index (Phi) is 14.3. The average molecular weight is 801 g/mol. The molecule has 63 heavy (non-hydrogen) atoms. The second-order valence-corrected chi connectivity index (χ2v) is 16.0. The molecule has 0 N–H and O–H groups in total. The molecule has 0 atom stereocenters. The number of terminal acetylenes is 2. The van der Waals surface area contributed by atoms with Crippen LogP contribution >= 0.6 is 0 Å². The smallest absolute Gasteiger partial charge is 0.151 e. The van der Waals surface area contributed by atoms with Crippen molar-refractivity contribution in [1.29, 1.82) is 0 Å². The minimum absolute atomic E-state index is 0.524. The van der Waals surface area contributed by atoms with Crippen molar-refractivity contribution in [1.82, 2.24) is 0 Å². The van der Waals surface area contributed by atoms with Crippen LogP contribution in [0.1, 0.15) is 11.1 Å². The van der Waals surface area contributed by atoms with Crippen molar-refractivity contribution >= 4 is 63.9 Å². The Bertz CT molecular complexity index is 2940. The SMILES string of the molecule is BC/C(=C(B)\C(B)=C(/C#C)N(C/C(B)=C(B)\C(=C(\B)C#C)c1ccccc1)c1cccc(-c2ccccc2)c1-c1ccccc1-c1ccccc1)c1ccc(-c2ccccc2)cc1. The minimum atomic E-state index is 0.524. The highest BCUT2D eigenvalue weighted by Crippen LogP contribution is 2.45. The largest absolute Gasteiger partial charge is 0.331 e. The van der Waals surface area contributed by atoms with E-state index in [0.717, 1.165) is 84.1 Å². The van der Waals surface area contributed by atoms with E-state index in [9.17, 15) is 0 Å². The first-order valence-corrected chi connectivity index (χ1v) is 21.8. The first-order chi connectivity index (χ1) is 30.7. The zero-order valence-electron chi connectivity index (χ0n) is 37.4. The summed E-state index contributed by atoms with van der Waals surface area (Å²) >= 11 is 0. The van der Waals surface area contributed by atoms with Gasteiger partial charge in [0.15, 0.2) is 7.85 Å². The number of nitrogens with zero attached hydrogens (tertiary/aromatic N) is 1. The number of rotatable bonds is 13. The summed E-state index contributed by atoms with van der Waals surface area (Å²) in [6.07, 6.45) is 13.8. The fourth-order valence-electron chi connectivity index (χ4n) is 8.69. The van der Waals surface area contributed by atoms with Gasteiger partial charge in [-0.3, -0.25) is 0 Å². The van der Waals surface area contributed by atoms with Crippen molar-refractivity contribution in [2.24, 2.45) is 0 Å². The van der Waals surface area contributed by atoms with Gasteiger partial charge in [-0.15, -0.1) is 12.8 Å². The summed E-state index contributed by atoms with van der Waals surface area (Å²) in [7, 11) is 13.1. The van der Waals surface area contributed by atoms with Gasteiger partial charge in [-0.2, -0.15) is 0 Å². The second kappa shape index (κ2) is 20.6. The molecule has 0 bridgehead atoms.